The summed E-state index contributed by atoms with van der Waals surface area (Å²) in [5.41, 5.74) is 6.59. The summed E-state index contributed by atoms with van der Waals surface area (Å²) in [6.45, 7) is 5.49. The topological polar surface area (TPSA) is 125 Å². The van der Waals surface area contributed by atoms with E-state index in [-0.39, 0.29) is 6.01 Å². The van der Waals surface area contributed by atoms with Crippen molar-refractivity contribution in [2.45, 2.75) is 0 Å². The summed E-state index contributed by atoms with van der Waals surface area (Å²) >= 11 is 1.34. The van der Waals surface area contributed by atoms with Gasteiger partial charge in [0.1, 0.15) is 10.8 Å². The first-order chi connectivity index (χ1) is 15.2. The van der Waals surface area contributed by atoms with Gasteiger partial charge in [0.25, 0.3) is 0 Å². The van der Waals surface area contributed by atoms with Crippen LogP contribution >= 0.6 is 11.3 Å². The van der Waals surface area contributed by atoms with Crippen LogP contribution in [0.15, 0.2) is 24.3 Å². The van der Waals surface area contributed by atoms with Crippen LogP contribution in [0.4, 0.5) is 17.0 Å². The lowest BCUT2D eigenvalue weighted by molar-refractivity contribution is 0.121. The maximum atomic E-state index is 6.00. The zero-order valence-corrected chi connectivity index (χ0v) is 17.6. The molecule has 12 heteroatoms. The SMILES string of the molecule is Nc1nnc(-c2ccc(Oc3nc(N4CCOCC4)nc(N4CCOCC4)n3)cc2)s1. The Labute approximate surface area is 182 Å². The molecule has 3 aromatic rings. The first kappa shape index (κ1) is 19.8. The molecule has 0 aliphatic carbocycles. The van der Waals surface area contributed by atoms with Crippen LogP contribution in [0.25, 0.3) is 10.6 Å². The van der Waals surface area contributed by atoms with Crippen LogP contribution in [0.1, 0.15) is 0 Å². The highest BCUT2D eigenvalue weighted by molar-refractivity contribution is 7.18. The van der Waals surface area contributed by atoms with E-state index in [1.165, 1.54) is 11.3 Å². The van der Waals surface area contributed by atoms with Crippen molar-refractivity contribution in [3.8, 4) is 22.3 Å². The fraction of sp³-hybridized carbons (Fsp3) is 0.421. The van der Waals surface area contributed by atoms with E-state index in [4.69, 9.17) is 24.9 Å². The molecule has 1 aromatic carbocycles. The standard InChI is InChI=1S/C19H22N8O3S/c20-16-25-24-15(31-16)13-1-3-14(4-2-13)30-19-22-17(26-5-9-28-10-6-26)21-18(23-19)27-7-11-29-12-8-27/h1-4H,5-12H2,(H2,20,25). The third-order valence-electron chi connectivity index (χ3n) is 4.93. The molecule has 0 amide bonds. The molecule has 2 aliphatic heterocycles. The van der Waals surface area contributed by atoms with Gasteiger partial charge in [-0.05, 0) is 24.3 Å². The van der Waals surface area contributed by atoms with Crippen molar-refractivity contribution >= 4 is 28.4 Å². The molecular formula is C19H22N8O3S. The summed E-state index contributed by atoms with van der Waals surface area (Å²) in [7, 11) is 0. The fourth-order valence-corrected chi connectivity index (χ4v) is 3.93. The van der Waals surface area contributed by atoms with Crippen molar-refractivity contribution in [3.05, 3.63) is 24.3 Å². The van der Waals surface area contributed by atoms with E-state index in [1.807, 2.05) is 24.3 Å². The second kappa shape index (κ2) is 8.96. The van der Waals surface area contributed by atoms with Crippen molar-refractivity contribution in [3.63, 3.8) is 0 Å². The summed E-state index contributed by atoms with van der Waals surface area (Å²) in [6.07, 6.45) is 0. The number of morpholine rings is 2. The van der Waals surface area contributed by atoms with Crippen molar-refractivity contribution in [1.29, 1.82) is 0 Å². The Morgan fingerprint density at radius 2 is 1.39 bits per heavy atom. The highest BCUT2D eigenvalue weighted by Gasteiger charge is 2.21. The van der Waals surface area contributed by atoms with Crippen LogP contribution in [0.5, 0.6) is 11.8 Å². The van der Waals surface area contributed by atoms with E-state index in [1.54, 1.807) is 0 Å². The third-order valence-corrected chi connectivity index (χ3v) is 5.73. The van der Waals surface area contributed by atoms with Crippen LogP contribution in [0.3, 0.4) is 0 Å². The van der Waals surface area contributed by atoms with Crippen LogP contribution in [0.2, 0.25) is 0 Å². The lowest BCUT2D eigenvalue weighted by Crippen LogP contribution is -2.40. The molecule has 2 aromatic heterocycles. The Morgan fingerprint density at radius 3 is 1.90 bits per heavy atom. The molecule has 0 spiro atoms. The van der Waals surface area contributed by atoms with Gasteiger partial charge in [-0.15, -0.1) is 10.2 Å². The number of nitrogen functional groups attached to an aromatic ring is 1. The molecule has 0 saturated carbocycles. The maximum Gasteiger partial charge on any atom is 0.328 e. The van der Waals surface area contributed by atoms with Crippen molar-refractivity contribution in [2.24, 2.45) is 0 Å². The lowest BCUT2D eigenvalue weighted by Gasteiger charge is -2.30. The molecule has 2 aliphatic rings. The smallest absolute Gasteiger partial charge is 0.328 e. The molecule has 0 atom stereocenters. The molecule has 162 valence electrons. The highest BCUT2D eigenvalue weighted by atomic mass is 32.1. The third kappa shape index (κ3) is 4.65. The number of nitrogens with two attached hydrogens (primary N) is 1. The Balaban J connectivity index is 1.40. The van der Waals surface area contributed by atoms with Gasteiger partial charge in [-0.2, -0.15) is 15.0 Å². The van der Waals surface area contributed by atoms with Gasteiger partial charge in [0.2, 0.25) is 17.0 Å². The van der Waals surface area contributed by atoms with Gasteiger partial charge in [0.15, 0.2) is 0 Å². The molecule has 11 nitrogen and oxygen atoms in total. The largest absolute Gasteiger partial charge is 0.424 e. The second-order valence-corrected chi connectivity index (χ2v) is 8.00. The molecule has 0 radical (unpaired) electrons. The minimum Gasteiger partial charge on any atom is -0.424 e. The monoisotopic (exact) mass is 442 g/mol. The summed E-state index contributed by atoms with van der Waals surface area (Å²) in [5, 5.41) is 9.11. The summed E-state index contributed by atoms with van der Waals surface area (Å²) in [6, 6.07) is 7.76. The molecule has 2 saturated heterocycles. The molecular weight excluding hydrogens is 420 g/mol. The molecule has 2 N–H and O–H groups in total. The van der Waals surface area contributed by atoms with Gasteiger partial charge in [-0.25, -0.2) is 0 Å². The fourth-order valence-electron chi connectivity index (χ4n) is 3.31. The van der Waals surface area contributed by atoms with Gasteiger partial charge in [-0.1, -0.05) is 11.3 Å². The van der Waals surface area contributed by atoms with E-state index in [0.29, 0.717) is 49.2 Å². The second-order valence-electron chi connectivity index (χ2n) is 6.99. The van der Waals surface area contributed by atoms with Crippen LogP contribution in [0, 0.1) is 0 Å². The number of anilines is 3. The Kier molecular flexibility index (Phi) is 5.74. The number of benzene rings is 1. The Hall–Kier alpha value is -3.09. The Morgan fingerprint density at radius 1 is 0.806 bits per heavy atom. The van der Waals surface area contributed by atoms with Gasteiger partial charge in [-0.3, -0.25) is 0 Å². The summed E-state index contributed by atoms with van der Waals surface area (Å²) in [5.74, 6) is 1.81. The average Bonchev–Trinajstić information content (AvgIpc) is 3.27. The van der Waals surface area contributed by atoms with Crippen molar-refractivity contribution in [2.75, 3.05) is 68.1 Å². The Bertz CT molecular complexity index is 983. The number of hydrogen-bond acceptors (Lipinski definition) is 12. The number of nitrogens with zero attached hydrogens (tertiary/aromatic N) is 7. The van der Waals surface area contributed by atoms with E-state index in [2.05, 4.69) is 30.0 Å². The minimum atomic E-state index is 0.255. The van der Waals surface area contributed by atoms with E-state index < -0.39 is 0 Å². The number of aromatic nitrogens is 5. The van der Waals surface area contributed by atoms with Gasteiger partial charge >= 0.3 is 6.01 Å². The zero-order valence-electron chi connectivity index (χ0n) is 16.8. The van der Waals surface area contributed by atoms with Gasteiger partial charge in [0.05, 0.1) is 26.4 Å². The van der Waals surface area contributed by atoms with Crippen molar-refractivity contribution in [1.82, 2.24) is 25.1 Å². The van der Waals surface area contributed by atoms with Crippen LogP contribution < -0.4 is 20.3 Å². The molecule has 5 rings (SSSR count). The number of ether oxygens (including phenoxy) is 3. The van der Waals surface area contributed by atoms with Crippen molar-refractivity contribution < 1.29 is 14.2 Å². The molecule has 0 bridgehead atoms. The molecule has 31 heavy (non-hydrogen) atoms. The number of rotatable bonds is 5. The highest BCUT2D eigenvalue weighted by Crippen LogP contribution is 2.28. The lowest BCUT2D eigenvalue weighted by atomic mass is 10.2. The quantitative estimate of drug-likeness (QED) is 0.617. The maximum absolute atomic E-state index is 6.00. The molecule has 4 heterocycles. The predicted molar refractivity (Wildman–Crippen MR) is 116 cm³/mol. The van der Waals surface area contributed by atoms with E-state index >= 15 is 0 Å². The summed E-state index contributed by atoms with van der Waals surface area (Å²) in [4.78, 5) is 18.0. The normalized spacial score (nSPS) is 17.0. The average molecular weight is 443 g/mol. The van der Waals surface area contributed by atoms with E-state index in [0.717, 1.165) is 36.8 Å². The first-order valence-electron chi connectivity index (χ1n) is 10.0. The van der Waals surface area contributed by atoms with Gasteiger partial charge in [0, 0.05) is 31.7 Å². The van der Waals surface area contributed by atoms with Crippen LogP contribution in [-0.2, 0) is 9.47 Å². The minimum absolute atomic E-state index is 0.255. The predicted octanol–water partition coefficient (Wildman–Crippen LogP) is 1.44. The van der Waals surface area contributed by atoms with Gasteiger partial charge < -0.3 is 29.7 Å². The molecule has 2 fully saturated rings. The van der Waals surface area contributed by atoms with E-state index in [9.17, 15) is 0 Å². The summed E-state index contributed by atoms with van der Waals surface area (Å²) < 4.78 is 16.9. The first-order valence-corrected chi connectivity index (χ1v) is 10.8. The molecule has 0 unspecified atom stereocenters. The van der Waals surface area contributed by atoms with Crippen LogP contribution in [-0.4, -0.2) is 77.8 Å². The number of hydrogen-bond donors (Lipinski definition) is 1. The zero-order chi connectivity index (χ0) is 21.0.